The molecular formula is C11H16N2. The van der Waals surface area contributed by atoms with Gasteiger partial charge in [0.2, 0.25) is 0 Å². The van der Waals surface area contributed by atoms with Crippen molar-refractivity contribution in [2.75, 3.05) is 13.6 Å². The molecule has 1 heterocycles. The van der Waals surface area contributed by atoms with Gasteiger partial charge in [-0.3, -0.25) is 0 Å². The molecule has 70 valence electrons. The van der Waals surface area contributed by atoms with Crippen LogP contribution in [0.15, 0.2) is 18.2 Å². The number of rotatable bonds is 2. The number of hydrogen-bond donors (Lipinski definition) is 2. The molecule has 2 N–H and O–H groups in total. The number of fused-ring (bicyclic) bond motifs is 1. The lowest BCUT2D eigenvalue weighted by Crippen LogP contribution is -2.23. The Morgan fingerprint density at radius 3 is 3.15 bits per heavy atom. The summed E-state index contributed by atoms with van der Waals surface area (Å²) in [7, 11) is 1.98. The van der Waals surface area contributed by atoms with Gasteiger partial charge in [0.25, 0.3) is 0 Å². The summed E-state index contributed by atoms with van der Waals surface area (Å²) in [5.74, 6) is 0. The molecule has 1 aromatic rings. The van der Waals surface area contributed by atoms with Gasteiger partial charge in [-0.25, -0.2) is 0 Å². The first kappa shape index (κ1) is 8.73. The van der Waals surface area contributed by atoms with Gasteiger partial charge in [0.05, 0.1) is 0 Å². The second-order valence-electron chi connectivity index (χ2n) is 3.56. The van der Waals surface area contributed by atoms with Crippen LogP contribution >= 0.6 is 0 Å². The molecule has 0 bridgehead atoms. The van der Waals surface area contributed by atoms with E-state index in [1.165, 1.54) is 23.1 Å². The van der Waals surface area contributed by atoms with Crippen LogP contribution in [0.25, 0.3) is 0 Å². The summed E-state index contributed by atoms with van der Waals surface area (Å²) < 4.78 is 0. The largest absolute Gasteiger partial charge is 0.316 e. The van der Waals surface area contributed by atoms with E-state index in [0.29, 0.717) is 0 Å². The van der Waals surface area contributed by atoms with Gasteiger partial charge in [0.15, 0.2) is 0 Å². The fraction of sp³-hybridized carbons (Fsp3) is 0.455. The van der Waals surface area contributed by atoms with Crippen LogP contribution in [0.4, 0.5) is 0 Å². The molecule has 2 heteroatoms. The topological polar surface area (TPSA) is 24.1 Å². The molecule has 0 fully saturated rings. The van der Waals surface area contributed by atoms with E-state index in [9.17, 15) is 0 Å². The Morgan fingerprint density at radius 2 is 2.31 bits per heavy atom. The summed E-state index contributed by atoms with van der Waals surface area (Å²) in [6.45, 7) is 3.12. The van der Waals surface area contributed by atoms with Crippen molar-refractivity contribution in [2.24, 2.45) is 0 Å². The zero-order valence-electron chi connectivity index (χ0n) is 8.06. The summed E-state index contributed by atoms with van der Waals surface area (Å²) in [4.78, 5) is 0. The van der Waals surface area contributed by atoms with E-state index in [4.69, 9.17) is 0 Å². The van der Waals surface area contributed by atoms with Crippen molar-refractivity contribution in [1.29, 1.82) is 0 Å². The van der Waals surface area contributed by atoms with E-state index < -0.39 is 0 Å². The van der Waals surface area contributed by atoms with Crippen molar-refractivity contribution in [3.63, 3.8) is 0 Å². The zero-order chi connectivity index (χ0) is 9.10. The van der Waals surface area contributed by atoms with Gasteiger partial charge in [-0.1, -0.05) is 18.2 Å². The Morgan fingerprint density at radius 1 is 1.38 bits per heavy atom. The van der Waals surface area contributed by atoms with Crippen molar-refractivity contribution in [3.8, 4) is 0 Å². The highest BCUT2D eigenvalue weighted by atomic mass is 14.9. The fourth-order valence-corrected chi connectivity index (χ4v) is 1.85. The van der Waals surface area contributed by atoms with Crippen LogP contribution in [0.3, 0.4) is 0 Å². The van der Waals surface area contributed by atoms with E-state index in [1.807, 2.05) is 7.05 Å². The van der Waals surface area contributed by atoms with Crippen LogP contribution in [-0.4, -0.2) is 13.6 Å². The molecular weight excluding hydrogens is 160 g/mol. The lowest BCUT2D eigenvalue weighted by molar-refractivity contribution is 0.642. The lowest BCUT2D eigenvalue weighted by atomic mass is 9.98. The Balaban J connectivity index is 2.24. The maximum absolute atomic E-state index is 3.39. The van der Waals surface area contributed by atoms with E-state index in [-0.39, 0.29) is 0 Å². The van der Waals surface area contributed by atoms with Crippen molar-refractivity contribution in [2.45, 2.75) is 19.5 Å². The predicted molar refractivity (Wildman–Crippen MR) is 54.6 cm³/mol. The van der Waals surface area contributed by atoms with Gasteiger partial charge < -0.3 is 10.6 Å². The highest BCUT2D eigenvalue weighted by Crippen LogP contribution is 2.15. The predicted octanol–water partition coefficient (Wildman–Crippen LogP) is 1.05. The van der Waals surface area contributed by atoms with Gasteiger partial charge >= 0.3 is 0 Å². The molecule has 0 saturated heterocycles. The molecule has 0 spiro atoms. The molecule has 0 atom stereocenters. The Hall–Kier alpha value is -0.860. The minimum absolute atomic E-state index is 0.966. The lowest BCUT2D eigenvalue weighted by Gasteiger charge is -2.17. The smallest absolute Gasteiger partial charge is 0.0208 e. The van der Waals surface area contributed by atoms with Gasteiger partial charge in [0, 0.05) is 13.1 Å². The second kappa shape index (κ2) is 3.90. The average Bonchev–Trinajstić information content (AvgIpc) is 2.18. The Labute approximate surface area is 79.4 Å². The molecule has 1 aliphatic rings. The molecule has 2 nitrogen and oxygen atoms in total. The van der Waals surface area contributed by atoms with Crippen molar-refractivity contribution in [3.05, 3.63) is 34.9 Å². The third-order valence-corrected chi connectivity index (χ3v) is 2.54. The molecule has 0 unspecified atom stereocenters. The Kier molecular flexibility index (Phi) is 2.62. The first-order valence-corrected chi connectivity index (χ1v) is 4.86. The Bertz CT molecular complexity index is 294. The average molecular weight is 176 g/mol. The molecule has 0 aromatic heterocycles. The molecule has 1 aromatic carbocycles. The van der Waals surface area contributed by atoms with E-state index >= 15 is 0 Å². The highest BCUT2D eigenvalue weighted by Gasteiger charge is 2.07. The van der Waals surface area contributed by atoms with Crippen molar-refractivity contribution in [1.82, 2.24) is 10.6 Å². The van der Waals surface area contributed by atoms with Gasteiger partial charge in [-0.15, -0.1) is 0 Å². The van der Waals surface area contributed by atoms with E-state index in [2.05, 4.69) is 28.8 Å². The van der Waals surface area contributed by atoms with Crippen LogP contribution < -0.4 is 10.6 Å². The minimum atomic E-state index is 0.966. The summed E-state index contributed by atoms with van der Waals surface area (Å²) >= 11 is 0. The molecule has 0 saturated carbocycles. The maximum Gasteiger partial charge on any atom is 0.0208 e. The quantitative estimate of drug-likeness (QED) is 0.704. The third kappa shape index (κ3) is 1.90. The molecule has 2 rings (SSSR count). The molecule has 13 heavy (non-hydrogen) atoms. The number of hydrogen-bond acceptors (Lipinski definition) is 2. The van der Waals surface area contributed by atoms with Gasteiger partial charge in [-0.2, -0.15) is 0 Å². The SMILES string of the molecule is CNCc1ccc2c(c1)CNCC2. The van der Waals surface area contributed by atoms with Crippen molar-refractivity contribution >= 4 is 0 Å². The van der Waals surface area contributed by atoms with E-state index in [0.717, 1.165) is 19.6 Å². The normalized spacial score (nSPS) is 15.5. The zero-order valence-corrected chi connectivity index (χ0v) is 8.06. The summed E-state index contributed by atoms with van der Waals surface area (Å²) in [5.41, 5.74) is 4.36. The number of nitrogens with one attached hydrogen (secondary N) is 2. The van der Waals surface area contributed by atoms with Crippen LogP contribution in [-0.2, 0) is 19.5 Å². The highest BCUT2D eigenvalue weighted by molar-refractivity contribution is 5.33. The van der Waals surface area contributed by atoms with Crippen LogP contribution in [0.2, 0.25) is 0 Å². The number of benzene rings is 1. The monoisotopic (exact) mass is 176 g/mol. The molecule has 1 aliphatic heterocycles. The second-order valence-corrected chi connectivity index (χ2v) is 3.56. The fourth-order valence-electron chi connectivity index (χ4n) is 1.85. The minimum Gasteiger partial charge on any atom is -0.316 e. The van der Waals surface area contributed by atoms with Crippen LogP contribution in [0, 0.1) is 0 Å². The molecule has 0 amide bonds. The van der Waals surface area contributed by atoms with Gasteiger partial charge in [0.1, 0.15) is 0 Å². The summed E-state index contributed by atoms with van der Waals surface area (Å²) in [5, 5.41) is 6.56. The summed E-state index contributed by atoms with van der Waals surface area (Å²) in [6.07, 6.45) is 1.18. The third-order valence-electron chi connectivity index (χ3n) is 2.54. The van der Waals surface area contributed by atoms with Crippen molar-refractivity contribution < 1.29 is 0 Å². The van der Waals surface area contributed by atoms with Crippen LogP contribution in [0.5, 0.6) is 0 Å². The van der Waals surface area contributed by atoms with Crippen LogP contribution in [0.1, 0.15) is 16.7 Å². The molecule has 0 aliphatic carbocycles. The standard InChI is InChI=1S/C11H16N2/c1-12-7-9-2-3-10-4-5-13-8-11(10)6-9/h2-3,6,12-13H,4-5,7-8H2,1H3. The van der Waals surface area contributed by atoms with E-state index in [1.54, 1.807) is 0 Å². The maximum atomic E-state index is 3.39. The first-order valence-electron chi connectivity index (χ1n) is 4.86. The molecule has 0 radical (unpaired) electrons. The van der Waals surface area contributed by atoms with Gasteiger partial charge in [-0.05, 0) is 36.7 Å². The summed E-state index contributed by atoms with van der Waals surface area (Å²) in [6, 6.07) is 6.79. The first-order chi connectivity index (χ1) is 6.40.